The number of nitrogens with one attached hydrogen (secondary N) is 2. The average molecular weight is 354 g/mol. The van der Waals surface area contributed by atoms with Crippen LogP contribution in [-0.4, -0.2) is 25.9 Å². The van der Waals surface area contributed by atoms with Gasteiger partial charge in [-0.3, -0.25) is 4.79 Å². The number of amides is 1. The molecule has 0 bridgehead atoms. The number of methoxy groups -OCH3 is 1. The van der Waals surface area contributed by atoms with Gasteiger partial charge < -0.3 is 20.1 Å². The second-order valence-corrected chi connectivity index (χ2v) is 5.05. The van der Waals surface area contributed by atoms with Crippen LogP contribution in [0.25, 0.3) is 0 Å². The van der Waals surface area contributed by atoms with Gasteiger partial charge in [-0.05, 0) is 42.0 Å². The molecule has 1 amide bonds. The van der Waals surface area contributed by atoms with Crippen molar-refractivity contribution in [3.05, 3.63) is 54.1 Å². The minimum atomic E-state index is -4.73. The molecule has 0 aliphatic carbocycles. The molecule has 0 aliphatic heterocycles. The Morgan fingerprint density at radius 2 is 1.80 bits per heavy atom. The lowest BCUT2D eigenvalue weighted by Crippen LogP contribution is -2.29. The van der Waals surface area contributed by atoms with Crippen LogP contribution >= 0.6 is 0 Å². The third-order valence-electron chi connectivity index (χ3n) is 3.16. The van der Waals surface area contributed by atoms with Crippen LogP contribution in [0.4, 0.5) is 18.9 Å². The third-order valence-corrected chi connectivity index (χ3v) is 3.16. The molecule has 0 atom stereocenters. The van der Waals surface area contributed by atoms with Crippen molar-refractivity contribution in [3.63, 3.8) is 0 Å². The molecular formula is C17H17F3N2O3. The number of halogens is 3. The van der Waals surface area contributed by atoms with Crippen LogP contribution in [0.5, 0.6) is 11.5 Å². The summed E-state index contributed by atoms with van der Waals surface area (Å²) in [5.74, 6) is 0.130. The Morgan fingerprint density at radius 1 is 1.08 bits per heavy atom. The van der Waals surface area contributed by atoms with Crippen LogP contribution < -0.4 is 20.1 Å². The molecule has 2 rings (SSSR count). The Morgan fingerprint density at radius 3 is 2.44 bits per heavy atom. The fraction of sp³-hybridized carbons (Fsp3) is 0.235. The van der Waals surface area contributed by atoms with Crippen molar-refractivity contribution >= 4 is 11.6 Å². The van der Waals surface area contributed by atoms with Crippen LogP contribution in [0.3, 0.4) is 0 Å². The molecular weight excluding hydrogens is 337 g/mol. The summed E-state index contributed by atoms with van der Waals surface area (Å²) in [6.45, 7) is 0.333. The maximum Gasteiger partial charge on any atom is 0.573 e. The number of carbonyl (C=O) groups is 1. The predicted octanol–water partition coefficient (Wildman–Crippen LogP) is 3.32. The van der Waals surface area contributed by atoms with Crippen molar-refractivity contribution in [3.8, 4) is 11.5 Å². The van der Waals surface area contributed by atoms with Crippen LogP contribution in [-0.2, 0) is 11.3 Å². The zero-order chi connectivity index (χ0) is 18.3. The molecule has 0 spiro atoms. The summed E-state index contributed by atoms with van der Waals surface area (Å²) < 4.78 is 45.1. The van der Waals surface area contributed by atoms with Crippen molar-refractivity contribution in [1.82, 2.24) is 5.32 Å². The van der Waals surface area contributed by atoms with E-state index >= 15 is 0 Å². The van der Waals surface area contributed by atoms with Crippen LogP contribution in [0.15, 0.2) is 48.5 Å². The molecule has 2 aromatic rings. The first kappa shape index (κ1) is 18.4. The smallest absolute Gasteiger partial charge is 0.497 e. The second-order valence-electron chi connectivity index (χ2n) is 5.05. The molecule has 5 nitrogen and oxygen atoms in total. The van der Waals surface area contributed by atoms with E-state index in [9.17, 15) is 18.0 Å². The van der Waals surface area contributed by atoms with Gasteiger partial charge in [-0.15, -0.1) is 13.2 Å². The molecule has 25 heavy (non-hydrogen) atoms. The molecule has 0 saturated heterocycles. The van der Waals surface area contributed by atoms with E-state index in [1.165, 1.54) is 24.3 Å². The van der Waals surface area contributed by atoms with Gasteiger partial charge in [-0.25, -0.2) is 0 Å². The van der Waals surface area contributed by atoms with Gasteiger partial charge in [0, 0.05) is 12.2 Å². The average Bonchev–Trinajstić information content (AvgIpc) is 2.58. The first-order valence-electron chi connectivity index (χ1n) is 7.35. The van der Waals surface area contributed by atoms with Gasteiger partial charge in [-0.1, -0.05) is 12.1 Å². The summed E-state index contributed by atoms with van der Waals surface area (Å²) in [5, 5.41) is 5.55. The van der Waals surface area contributed by atoms with Gasteiger partial charge in [0.05, 0.1) is 13.7 Å². The molecule has 2 N–H and O–H groups in total. The van der Waals surface area contributed by atoms with Gasteiger partial charge in [0.25, 0.3) is 0 Å². The lowest BCUT2D eigenvalue weighted by Gasteiger charge is -2.11. The van der Waals surface area contributed by atoms with E-state index in [0.717, 1.165) is 5.56 Å². The molecule has 0 saturated carbocycles. The highest BCUT2D eigenvalue weighted by Crippen LogP contribution is 2.23. The minimum absolute atomic E-state index is 0.0105. The maximum absolute atomic E-state index is 12.1. The summed E-state index contributed by atoms with van der Waals surface area (Å²) in [4.78, 5) is 11.8. The second kappa shape index (κ2) is 8.27. The lowest BCUT2D eigenvalue weighted by molar-refractivity contribution is -0.274. The van der Waals surface area contributed by atoms with E-state index in [2.05, 4.69) is 15.4 Å². The highest BCUT2D eigenvalue weighted by Gasteiger charge is 2.30. The first-order valence-corrected chi connectivity index (χ1v) is 7.35. The predicted molar refractivity (Wildman–Crippen MR) is 86.5 cm³/mol. The van der Waals surface area contributed by atoms with Gasteiger partial charge in [-0.2, -0.15) is 0 Å². The molecule has 0 aromatic heterocycles. The lowest BCUT2D eigenvalue weighted by atomic mass is 10.2. The number of alkyl halides is 3. The molecule has 0 heterocycles. The van der Waals surface area contributed by atoms with Crippen molar-refractivity contribution in [2.45, 2.75) is 12.9 Å². The van der Waals surface area contributed by atoms with Crippen LogP contribution in [0, 0.1) is 0 Å². The number of hydrogen-bond acceptors (Lipinski definition) is 4. The summed E-state index contributed by atoms with van der Waals surface area (Å²) >= 11 is 0. The standard InChI is InChI=1S/C17H17F3N2O3/c1-24-15-4-2-3-12(9-15)10-22-16(23)11-21-13-5-7-14(8-6-13)25-17(18,19)20/h2-9,21H,10-11H2,1H3,(H,22,23). The van der Waals surface area contributed by atoms with E-state index in [4.69, 9.17) is 4.74 Å². The van der Waals surface area contributed by atoms with Gasteiger partial charge >= 0.3 is 6.36 Å². The number of carbonyl (C=O) groups excluding carboxylic acids is 1. The maximum atomic E-state index is 12.1. The fourth-order valence-corrected chi connectivity index (χ4v) is 2.00. The first-order chi connectivity index (χ1) is 11.9. The van der Waals surface area contributed by atoms with Gasteiger partial charge in [0.15, 0.2) is 0 Å². The third kappa shape index (κ3) is 6.62. The highest BCUT2D eigenvalue weighted by molar-refractivity contribution is 5.80. The minimum Gasteiger partial charge on any atom is -0.497 e. The summed E-state index contributed by atoms with van der Waals surface area (Å²) in [6, 6.07) is 12.4. The summed E-state index contributed by atoms with van der Waals surface area (Å²) in [6.07, 6.45) is -4.73. The Bertz CT molecular complexity index is 703. The van der Waals surface area contributed by atoms with Crippen molar-refractivity contribution in [1.29, 1.82) is 0 Å². The molecule has 0 unspecified atom stereocenters. The topological polar surface area (TPSA) is 59.6 Å². The Labute approximate surface area is 142 Å². The Kier molecular flexibility index (Phi) is 6.10. The van der Waals surface area contributed by atoms with E-state index in [1.54, 1.807) is 13.2 Å². The van der Waals surface area contributed by atoms with E-state index in [1.807, 2.05) is 18.2 Å². The fourth-order valence-electron chi connectivity index (χ4n) is 2.00. The van der Waals surface area contributed by atoms with E-state index in [0.29, 0.717) is 18.0 Å². The van der Waals surface area contributed by atoms with E-state index < -0.39 is 6.36 Å². The van der Waals surface area contributed by atoms with Crippen molar-refractivity contribution < 1.29 is 27.4 Å². The molecule has 0 fully saturated rings. The normalized spacial score (nSPS) is 10.9. The highest BCUT2D eigenvalue weighted by atomic mass is 19.4. The quantitative estimate of drug-likeness (QED) is 0.801. The number of rotatable bonds is 7. The summed E-state index contributed by atoms with van der Waals surface area (Å²) in [5.41, 5.74) is 1.40. The number of benzene rings is 2. The Balaban J connectivity index is 1.77. The molecule has 8 heteroatoms. The number of ether oxygens (including phenoxy) is 2. The molecule has 0 radical (unpaired) electrons. The zero-order valence-electron chi connectivity index (χ0n) is 13.4. The molecule has 2 aromatic carbocycles. The summed E-state index contributed by atoms with van der Waals surface area (Å²) in [7, 11) is 1.56. The number of hydrogen-bond donors (Lipinski definition) is 2. The van der Waals surface area contributed by atoms with Gasteiger partial charge in [0.2, 0.25) is 5.91 Å². The monoisotopic (exact) mass is 354 g/mol. The van der Waals surface area contributed by atoms with E-state index in [-0.39, 0.29) is 18.2 Å². The molecule has 134 valence electrons. The largest absolute Gasteiger partial charge is 0.573 e. The zero-order valence-corrected chi connectivity index (χ0v) is 13.4. The Hall–Kier alpha value is -2.90. The SMILES string of the molecule is COc1cccc(CNC(=O)CNc2ccc(OC(F)(F)F)cc2)c1. The van der Waals surface area contributed by atoms with Crippen LogP contribution in [0.1, 0.15) is 5.56 Å². The van der Waals surface area contributed by atoms with Crippen molar-refractivity contribution in [2.75, 3.05) is 19.0 Å². The van der Waals surface area contributed by atoms with Crippen molar-refractivity contribution in [2.24, 2.45) is 0 Å². The number of anilines is 1. The molecule has 0 aliphatic rings. The van der Waals surface area contributed by atoms with Crippen LogP contribution in [0.2, 0.25) is 0 Å². The van der Waals surface area contributed by atoms with Gasteiger partial charge in [0.1, 0.15) is 11.5 Å².